The zero-order valence-corrected chi connectivity index (χ0v) is 19.5. The second-order valence-corrected chi connectivity index (χ2v) is 9.52. The maximum atomic E-state index is 3.64. The Morgan fingerprint density at radius 3 is 2.37 bits per heavy atom. The molecule has 1 aliphatic heterocycles. The quantitative estimate of drug-likeness (QED) is 0.285. The lowest BCUT2D eigenvalue weighted by molar-refractivity contribution is -0.401. The molecule has 30 heavy (non-hydrogen) atoms. The molecule has 0 spiro atoms. The second kappa shape index (κ2) is 6.95. The molecule has 0 atom stereocenters. The number of allylic oxidation sites excluding steroid dienone is 1. The van der Waals surface area contributed by atoms with Crippen molar-refractivity contribution in [2.75, 3.05) is 7.05 Å². The Morgan fingerprint density at radius 1 is 0.933 bits per heavy atom. The molecule has 3 heteroatoms. The molecule has 0 aliphatic carbocycles. The fraction of sp³-hybridized carbons (Fsp3) is 0.222. The molecule has 2 nitrogen and oxygen atoms in total. The SMILES string of the molecule is CCn1c2ccc(Br)cc2c2cc(/C=C/C3=[N+](C)c4ccccc4C3(C)C)ccc21. The van der Waals surface area contributed by atoms with E-state index in [4.69, 9.17) is 0 Å². The fourth-order valence-electron chi connectivity index (χ4n) is 5.02. The van der Waals surface area contributed by atoms with Crippen molar-refractivity contribution in [3.63, 3.8) is 0 Å². The third-order valence-electron chi connectivity index (χ3n) is 6.54. The molecule has 0 N–H and O–H groups in total. The molecule has 5 rings (SSSR count). The molecule has 1 aromatic heterocycles. The summed E-state index contributed by atoms with van der Waals surface area (Å²) >= 11 is 3.64. The van der Waals surface area contributed by atoms with Crippen LogP contribution >= 0.6 is 15.9 Å². The number of rotatable bonds is 3. The topological polar surface area (TPSA) is 7.94 Å². The third-order valence-corrected chi connectivity index (χ3v) is 7.03. The van der Waals surface area contributed by atoms with Crippen LogP contribution in [0.15, 0.2) is 71.2 Å². The van der Waals surface area contributed by atoms with E-state index in [1.807, 2.05) is 0 Å². The molecular weight excluding hydrogens is 432 g/mol. The zero-order chi connectivity index (χ0) is 21.0. The number of aromatic nitrogens is 1. The highest BCUT2D eigenvalue weighted by Gasteiger charge is 2.42. The van der Waals surface area contributed by atoms with Crippen LogP contribution in [0.25, 0.3) is 27.9 Å². The summed E-state index contributed by atoms with van der Waals surface area (Å²) in [5.74, 6) is 0. The molecule has 0 unspecified atom stereocenters. The number of para-hydroxylation sites is 1. The Morgan fingerprint density at radius 2 is 1.63 bits per heavy atom. The summed E-state index contributed by atoms with van der Waals surface area (Å²) in [6.07, 6.45) is 4.54. The Kier molecular flexibility index (Phi) is 4.48. The molecule has 0 radical (unpaired) electrons. The van der Waals surface area contributed by atoms with Crippen LogP contribution in [0, 0.1) is 0 Å². The Balaban J connectivity index is 1.62. The van der Waals surface area contributed by atoms with Crippen molar-refractivity contribution in [3.8, 4) is 0 Å². The van der Waals surface area contributed by atoms with Gasteiger partial charge < -0.3 is 4.57 Å². The molecule has 0 saturated heterocycles. The van der Waals surface area contributed by atoms with Crippen LogP contribution in [0.1, 0.15) is 31.9 Å². The second-order valence-electron chi connectivity index (χ2n) is 8.60. The first-order valence-electron chi connectivity index (χ1n) is 10.5. The van der Waals surface area contributed by atoms with Gasteiger partial charge in [0, 0.05) is 50.5 Å². The van der Waals surface area contributed by atoms with Crippen molar-refractivity contribution < 1.29 is 4.58 Å². The molecule has 1 aliphatic rings. The van der Waals surface area contributed by atoms with Gasteiger partial charge in [-0.05, 0) is 62.7 Å². The molecule has 4 aromatic rings. The first kappa shape index (κ1) is 19.3. The van der Waals surface area contributed by atoms with Gasteiger partial charge in [-0.15, -0.1) is 0 Å². The van der Waals surface area contributed by atoms with Crippen molar-refractivity contribution in [3.05, 3.63) is 82.3 Å². The predicted octanol–water partition coefficient (Wildman–Crippen LogP) is 7.30. The molecule has 0 saturated carbocycles. The van der Waals surface area contributed by atoms with E-state index < -0.39 is 0 Å². The van der Waals surface area contributed by atoms with Crippen molar-refractivity contribution in [2.45, 2.75) is 32.7 Å². The Hall–Kier alpha value is -2.65. The van der Waals surface area contributed by atoms with Crippen molar-refractivity contribution in [1.29, 1.82) is 0 Å². The van der Waals surface area contributed by atoms with Gasteiger partial charge in [-0.25, -0.2) is 0 Å². The predicted molar refractivity (Wildman–Crippen MR) is 132 cm³/mol. The Bertz CT molecular complexity index is 1370. The van der Waals surface area contributed by atoms with Crippen LogP contribution in [-0.4, -0.2) is 21.9 Å². The number of benzene rings is 3. The van der Waals surface area contributed by atoms with E-state index in [0.29, 0.717) is 0 Å². The van der Waals surface area contributed by atoms with Gasteiger partial charge in [-0.1, -0.05) is 40.2 Å². The summed E-state index contributed by atoms with van der Waals surface area (Å²) in [4.78, 5) is 0. The average Bonchev–Trinajstić information content (AvgIpc) is 3.15. The number of fused-ring (bicyclic) bond motifs is 4. The highest BCUT2D eigenvalue weighted by atomic mass is 79.9. The minimum Gasteiger partial charge on any atom is -0.341 e. The highest BCUT2D eigenvalue weighted by molar-refractivity contribution is 9.10. The maximum Gasteiger partial charge on any atom is 0.209 e. The summed E-state index contributed by atoms with van der Waals surface area (Å²) in [6.45, 7) is 7.79. The standard InChI is InChI=1S/C27H26BrN2/c1-5-30-23-13-10-18(16-20(23)21-17-19(28)12-14-24(21)30)11-15-26-27(2,3)22-8-6-7-9-25(22)29(26)4/h6-17H,5H2,1-4H3/q+1. The first-order valence-corrected chi connectivity index (χ1v) is 11.3. The summed E-state index contributed by atoms with van der Waals surface area (Å²) in [5.41, 5.74) is 7.81. The minimum atomic E-state index is -0.00492. The van der Waals surface area contributed by atoms with Gasteiger partial charge in [-0.2, -0.15) is 4.58 Å². The smallest absolute Gasteiger partial charge is 0.209 e. The van der Waals surface area contributed by atoms with Crippen molar-refractivity contribution in [1.82, 2.24) is 4.57 Å². The van der Waals surface area contributed by atoms with Crippen LogP contribution in [0.4, 0.5) is 5.69 Å². The molecule has 0 fully saturated rings. The lowest BCUT2D eigenvalue weighted by Gasteiger charge is -2.15. The van der Waals surface area contributed by atoms with E-state index >= 15 is 0 Å². The van der Waals surface area contributed by atoms with Gasteiger partial charge in [-0.3, -0.25) is 0 Å². The van der Waals surface area contributed by atoms with Gasteiger partial charge in [0.15, 0.2) is 5.71 Å². The lowest BCUT2D eigenvalue weighted by atomic mass is 9.81. The first-order chi connectivity index (χ1) is 14.4. The van der Waals surface area contributed by atoms with Crippen LogP contribution in [0.2, 0.25) is 0 Å². The number of aryl methyl sites for hydroxylation is 1. The van der Waals surface area contributed by atoms with Crippen molar-refractivity contribution in [2.24, 2.45) is 0 Å². The monoisotopic (exact) mass is 457 g/mol. The maximum absolute atomic E-state index is 3.64. The van der Waals surface area contributed by atoms with Gasteiger partial charge in [0.05, 0.1) is 5.41 Å². The zero-order valence-electron chi connectivity index (χ0n) is 17.9. The number of hydrogen-bond acceptors (Lipinski definition) is 0. The van der Waals surface area contributed by atoms with Crippen LogP contribution in [0.5, 0.6) is 0 Å². The summed E-state index contributed by atoms with van der Waals surface area (Å²) in [7, 11) is 2.17. The normalized spacial score (nSPS) is 15.6. The number of hydrogen-bond donors (Lipinski definition) is 0. The molecule has 0 bridgehead atoms. The van der Waals surface area contributed by atoms with E-state index in [1.54, 1.807) is 0 Å². The van der Waals surface area contributed by atoms with E-state index in [1.165, 1.54) is 44.3 Å². The van der Waals surface area contributed by atoms with Gasteiger partial charge in [0.25, 0.3) is 0 Å². The Labute approximate surface area is 186 Å². The number of nitrogens with zero attached hydrogens (tertiary/aromatic N) is 2. The fourth-order valence-corrected chi connectivity index (χ4v) is 5.38. The van der Waals surface area contributed by atoms with Crippen LogP contribution in [-0.2, 0) is 12.0 Å². The molecular formula is C27H26BrN2+. The minimum absolute atomic E-state index is 0.00492. The summed E-state index contributed by atoms with van der Waals surface area (Å²) in [5, 5.41) is 2.61. The molecule has 3 aromatic carbocycles. The van der Waals surface area contributed by atoms with E-state index in [0.717, 1.165) is 11.0 Å². The summed E-state index contributed by atoms with van der Waals surface area (Å²) in [6, 6.07) is 22.1. The average molecular weight is 458 g/mol. The van der Waals surface area contributed by atoms with Gasteiger partial charge in [0.2, 0.25) is 5.69 Å². The summed E-state index contributed by atoms with van der Waals surface area (Å²) < 4.78 is 5.84. The largest absolute Gasteiger partial charge is 0.341 e. The van der Waals surface area contributed by atoms with Crippen LogP contribution in [0.3, 0.4) is 0 Å². The molecule has 0 amide bonds. The van der Waals surface area contributed by atoms with Gasteiger partial charge >= 0.3 is 0 Å². The molecule has 2 heterocycles. The van der Waals surface area contributed by atoms with Crippen molar-refractivity contribution >= 4 is 55.2 Å². The highest BCUT2D eigenvalue weighted by Crippen LogP contribution is 2.39. The number of halogens is 1. The lowest BCUT2D eigenvalue weighted by Crippen LogP contribution is -2.26. The third kappa shape index (κ3) is 2.79. The van der Waals surface area contributed by atoms with Crippen LogP contribution < -0.4 is 0 Å². The van der Waals surface area contributed by atoms with E-state index in [2.05, 4.69) is 126 Å². The van der Waals surface area contributed by atoms with Gasteiger partial charge in [0.1, 0.15) is 7.05 Å². The van der Waals surface area contributed by atoms with E-state index in [9.17, 15) is 0 Å². The molecule has 150 valence electrons. The van der Waals surface area contributed by atoms with E-state index in [-0.39, 0.29) is 5.41 Å².